The lowest BCUT2D eigenvalue weighted by atomic mass is 9.76. The standard InChI is InChI=1S/C16H24BrNO/c1-19-10-6-2-5-9-18-14-11-13(12-14)15-7-3-4-8-16(15)17/h3-4,7-8,13-14,18H,2,5-6,9-12H2,1H3. The van der Waals surface area contributed by atoms with Gasteiger partial charge in [-0.25, -0.2) is 0 Å². The number of hydrogen-bond acceptors (Lipinski definition) is 2. The van der Waals surface area contributed by atoms with Crippen LogP contribution in [0.15, 0.2) is 28.7 Å². The Labute approximate surface area is 125 Å². The zero-order chi connectivity index (χ0) is 13.5. The lowest BCUT2D eigenvalue weighted by Crippen LogP contribution is -2.40. The fourth-order valence-corrected chi connectivity index (χ4v) is 3.31. The van der Waals surface area contributed by atoms with E-state index in [-0.39, 0.29) is 0 Å². The molecule has 2 nitrogen and oxygen atoms in total. The summed E-state index contributed by atoms with van der Waals surface area (Å²) in [7, 11) is 1.77. The van der Waals surface area contributed by atoms with E-state index in [1.54, 1.807) is 7.11 Å². The summed E-state index contributed by atoms with van der Waals surface area (Å²) in [5, 5.41) is 3.66. The Hall–Kier alpha value is -0.380. The minimum Gasteiger partial charge on any atom is -0.385 e. The van der Waals surface area contributed by atoms with Gasteiger partial charge in [0.2, 0.25) is 0 Å². The minimum atomic E-state index is 0.722. The van der Waals surface area contributed by atoms with Gasteiger partial charge in [-0.05, 0) is 56.2 Å². The number of nitrogens with one attached hydrogen (secondary N) is 1. The Morgan fingerprint density at radius 3 is 2.74 bits per heavy atom. The van der Waals surface area contributed by atoms with Gasteiger partial charge in [-0.2, -0.15) is 0 Å². The van der Waals surface area contributed by atoms with Crippen LogP contribution in [0.5, 0.6) is 0 Å². The molecule has 1 aromatic rings. The van der Waals surface area contributed by atoms with Crippen LogP contribution in [0.25, 0.3) is 0 Å². The number of rotatable bonds is 8. The highest BCUT2D eigenvalue weighted by Gasteiger charge is 2.30. The molecule has 1 aromatic carbocycles. The highest BCUT2D eigenvalue weighted by atomic mass is 79.9. The molecule has 0 heterocycles. The molecule has 106 valence electrons. The van der Waals surface area contributed by atoms with Crippen molar-refractivity contribution in [2.24, 2.45) is 0 Å². The van der Waals surface area contributed by atoms with E-state index in [0.29, 0.717) is 0 Å². The molecule has 1 fully saturated rings. The van der Waals surface area contributed by atoms with Gasteiger partial charge in [-0.3, -0.25) is 0 Å². The van der Waals surface area contributed by atoms with Crippen LogP contribution in [0, 0.1) is 0 Å². The second-order valence-corrected chi connectivity index (χ2v) is 6.25. The zero-order valence-corrected chi connectivity index (χ0v) is 13.3. The van der Waals surface area contributed by atoms with Crippen molar-refractivity contribution in [2.45, 2.75) is 44.1 Å². The number of benzene rings is 1. The molecule has 1 aliphatic rings. The molecule has 0 unspecified atom stereocenters. The highest BCUT2D eigenvalue weighted by Crippen LogP contribution is 2.39. The van der Waals surface area contributed by atoms with Crippen molar-refractivity contribution < 1.29 is 4.74 Å². The van der Waals surface area contributed by atoms with Crippen molar-refractivity contribution >= 4 is 15.9 Å². The monoisotopic (exact) mass is 325 g/mol. The predicted molar refractivity (Wildman–Crippen MR) is 83.6 cm³/mol. The average Bonchev–Trinajstić information content (AvgIpc) is 2.37. The molecule has 0 atom stereocenters. The molecule has 3 heteroatoms. The number of methoxy groups -OCH3 is 1. The van der Waals surface area contributed by atoms with Gasteiger partial charge in [-0.15, -0.1) is 0 Å². The molecule has 1 N–H and O–H groups in total. The van der Waals surface area contributed by atoms with Gasteiger partial charge in [0.25, 0.3) is 0 Å². The quantitative estimate of drug-likeness (QED) is 0.726. The van der Waals surface area contributed by atoms with Crippen LogP contribution < -0.4 is 5.32 Å². The van der Waals surface area contributed by atoms with E-state index < -0.39 is 0 Å². The average molecular weight is 326 g/mol. The molecule has 1 aliphatic carbocycles. The van der Waals surface area contributed by atoms with Crippen LogP contribution in [0.4, 0.5) is 0 Å². The van der Waals surface area contributed by atoms with Gasteiger partial charge in [0.05, 0.1) is 0 Å². The number of unbranched alkanes of at least 4 members (excludes halogenated alkanes) is 2. The molecule has 1 saturated carbocycles. The first kappa shape index (κ1) is 15.0. The third-order valence-corrected chi connectivity index (χ3v) is 4.66. The SMILES string of the molecule is COCCCCCNC1CC(c2ccccc2Br)C1. The third-order valence-electron chi connectivity index (χ3n) is 3.94. The van der Waals surface area contributed by atoms with Crippen molar-refractivity contribution in [3.05, 3.63) is 34.3 Å². The van der Waals surface area contributed by atoms with Crippen LogP contribution in [-0.2, 0) is 4.74 Å². The molecule has 0 saturated heterocycles. The van der Waals surface area contributed by atoms with Gasteiger partial charge in [0, 0.05) is 24.2 Å². The van der Waals surface area contributed by atoms with Crippen molar-refractivity contribution in [1.29, 1.82) is 0 Å². The summed E-state index contributed by atoms with van der Waals surface area (Å²) in [6.45, 7) is 2.05. The first-order valence-electron chi connectivity index (χ1n) is 7.28. The number of hydrogen-bond donors (Lipinski definition) is 1. The van der Waals surface area contributed by atoms with Gasteiger partial charge < -0.3 is 10.1 Å². The van der Waals surface area contributed by atoms with Crippen LogP contribution in [0.2, 0.25) is 0 Å². The van der Waals surface area contributed by atoms with Crippen LogP contribution in [-0.4, -0.2) is 26.3 Å². The number of halogens is 1. The maximum Gasteiger partial charge on any atom is 0.0462 e. The van der Waals surface area contributed by atoms with Crippen LogP contribution in [0.1, 0.15) is 43.6 Å². The summed E-state index contributed by atoms with van der Waals surface area (Å²) in [5.74, 6) is 0.738. The summed E-state index contributed by atoms with van der Waals surface area (Å²) in [6, 6.07) is 9.33. The normalized spacial score (nSPS) is 22.2. The van der Waals surface area contributed by atoms with Gasteiger partial charge in [-0.1, -0.05) is 34.1 Å². The molecule has 0 bridgehead atoms. The molecule has 0 spiro atoms. The molecule has 0 radical (unpaired) electrons. The van der Waals surface area contributed by atoms with Gasteiger partial charge in [0.1, 0.15) is 0 Å². The Morgan fingerprint density at radius 2 is 2.00 bits per heavy atom. The first-order chi connectivity index (χ1) is 9.31. The summed E-state index contributed by atoms with van der Waals surface area (Å²) in [6.07, 6.45) is 6.27. The smallest absolute Gasteiger partial charge is 0.0462 e. The Morgan fingerprint density at radius 1 is 1.21 bits per heavy atom. The second kappa shape index (κ2) is 8.03. The molecular formula is C16H24BrNO. The van der Waals surface area contributed by atoms with Crippen molar-refractivity contribution in [3.8, 4) is 0 Å². The summed E-state index contributed by atoms with van der Waals surface area (Å²) in [5.41, 5.74) is 1.47. The van der Waals surface area contributed by atoms with E-state index in [0.717, 1.165) is 25.1 Å². The Kier molecular flexibility index (Phi) is 6.35. The highest BCUT2D eigenvalue weighted by molar-refractivity contribution is 9.10. The fraction of sp³-hybridized carbons (Fsp3) is 0.625. The van der Waals surface area contributed by atoms with E-state index in [4.69, 9.17) is 4.74 Å². The van der Waals surface area contributed by atoms with E-state index in [1.807, 2.05) is 0 Å². The molecular weight excluding hydrogens is 302 g/mol. The van der Waals surface area contributed by atoms with E-state index >= 15 is 0 Å². The van der Waals surface area contributed by atoms with Crippen LogP contribution in [0.3, 0.4) is 0 Å². The maximum absolute atomic E-state index is 5.05. The molecule has 0 amide bonds. The van der Waals surface area contributed by atoms with E-state index in [9.17, 15) is 0 Å². The largest absolute Gasteiger partial charge is 0.385 e. The lowest BCUT2D eigenvalue weighted by Gasteiger charge is -2.37. The van der Waals surface area contributed by atoms with Crippen molar-refractivity contribution in [3.63, 3.8) is 0 Å². The molecule has 19 heavy (non-hydrogen) atoms. The third kappa shape index (κ3) is 4.59. The van der Waals surface area contributed by atoms with E-state index in [1.165, 1.54) is 42.1 Å². The summed E-state index contributed by atoms with van der Waals surface area (Å²) >= 11 is 3.65. The predicted octanol–water partition coefficient (Wildman–Crippen LogP) is 4.10. The second-order valence-electron chi connectivity index (χ2n) is 5.39. The summed E-state index contributed by atoms with van der Waals surface area (Å²) < 4.78 is 6.31. The zero-order valence-electron chi connectivity index (χ0n) is 11.7. The van der Waals surface area contributed by atoms with Crippen molar-refractivity contribution in [1.82, 2.24) is 5.32 Å². The maximum atomic E-state index is 5.05. The fourth-order valence-electron chi connectivity index (χ4n) is 2.70. The van der Waals surface area contributed by atoms with Crippen LogP contribution >= 0.6 is 15.9 Å². The van der Waals surface area contributed by atoms with Gasteiger partial charge >= 0.3 is 0 Å². The lowest BCUT2D eigenvalue weighted by molar-refractivity contribution is 0.191. The first-order valence-corrected chi connectivity index (χ1v) is 8.07. The van der Waals surface area contributed by atoms with Gasteiger partial charge in [0.15, 0.2) is 0 Å². The van der Waals surface area contributed by atoms with Crippen molar-refractivity contribution in [2.75, 3.05) is 20.3 Å². The Balaban J connectivity index is 1.58. The number of ether oxygens (including phenoxy) is 1. The Bertz CT molecular complexity index is 377. The molecule has 0 aromatic heterocycles. The van der Waals surface area contributed by atoms with E-state index in [2.05, 4.69) is 45.5 Å². The minimum absolute atomic E-state index is 0.722. The topological polar surface area (TPSA) is 21.3 Å². The molecule has 0 aliphatic heterocycles. The molecule has 2 rings (SSSR count). The summed E-state index contributed by atoms with van der Waals surface area (Å²) in [4.78, 5) is 0.